The number of amides is 2. The number of urea groups is 1. The van der Waals surface area contributed by atoms with E-state index in [4.69, 9.17) is 5.11 Å². The van der Waals surface area contributed by atoms with Crippen LogP contribution in [0.2, 0.25) is 0 Å². The molecule has 1 N–H and O–H groups in total. The first-order valence-corrected chi connectivity index (χ1v) is 3.72. The molecule has 0 radical (unpaired) electrons. The van der Waals surface area contributed by atoms with Gasteiger partial charge in [-0.15, -0.1) is 0 Å². The number of hydrogen-bond acceptors (Lipinski definition) is 2. The second-order valence-electron chi connectivity index (χ2n) is 3.13. The summed E-state index contributed by atoms with van der Waals surface area (Å²) in [5, 5.41) is 8.67. The fourth-order valence-electron chi connectivity index (χ4n) is 1.12. The smallest absolute Gasteiger partial charge is 0.319 e. The number of carbonyl (C=O) groups is 1. The monoisotopic (exact) mass is 158 g/mol. The van der Waals surface area contributed by atoms with E-state index in [9.17, 15) is 4.79 Å². The van der Waals surface area contributed by atoms with E-state index in [1.807, 2.05) is 0 Å². The van der Waals surface area contributed by atoms with Crippen LogP contribution in [0.4, 0.5) is 4.79 Å². The van der Waals surface area contributed by atoms with Gasteiger partial charge in [0.25, 0.3) is 0 Å². The lowest BCUT2D eigenvalue weighted by Gasteiger charge is -2.39. The molecule has 64 valence electrons. The summed E-state index contributed by atoms with van der Waals surface area (Å²) in [6.07, 6.45) is 0. The Bertz CT molecular complexity index is 153. The maximum Gasteiger partial charge on any atom is 0.319 e. The third-order valence-electron chi connectivity index (χ3n) is 1.87. The minimum atomic E-state index is 0.0368. The van der Waals surface area contributed by atoms with Crippen molar-refractivity contribution in [3.8, 4) is 0 Å². The molecule has 0 saturated carbocycles. The molecule has 1 saturated heterocycles. The third-order valence-corrected chi connectivity index (χ3v) is 1.87. The van der Waals surface area contributed by atoms with E-state index < -0.39 is 0 Å². The zero-order valence-corrected chi connectivity index (χ0v) is 6.95. The van der Waals surface area contributed by atoms with Crippen LogP contribution in [0.3, 0.4) is 0 Å². The number of rotatable bonds is 1. The summed E-state index contributed by atoms with van der Waals surface area (Å²) in [4.78, 5) is 14.4. The average Bonchev–Trinajstić information content (AvgIpc) is 1.85. The lowest BCUT2D eigenvalue weighted by atomic mass is 10.0. The van der Waals surface area contributed by atoms with Gasteiger partial charge in [0, 0.05) is 39.7 Å². The summed E-state index contributed by atoms with van der Waals surface area (Å²) < 4.78 is 0. The van der Waals surface area contributed by atoms with Gasteiger partial charge in [-0.05, 0) is 0 Å². The van der Waals surface area contributed by atoms with Crippen LogP contribution >= 0.6 is 0 Å². The average molecular weight is 158 g/mol. The predicted octanol–water partition coefficient (Wildman–Crippen LogP) is -0.408. The molecule has 0 unspecified atom stereocenters. The van der Waals surface area contributed by atoms with Gasteiger partial charge in [-0.2, -0.15) is 0 Å². The van der Waals surface area contributed by atoms with Crippen LogP contribution in [0.25, 0.3) is 0 Å². The van der Waals surface area contributed by atoms with Crippen molar-refractivity contribution in [2.24, 2.45) is 5.92 Å². The molecule has 2 amide bonds. The molecular weight excluding hydrogens is 144 g/mol. The van der Waals surface area contributed by atoms with Crippen LogP contribution < -0.4 is 0 Å². The van der Waals surface area contributed by atoms with Crippen molar-refractivity contribution in [1.29, 1.82) is 0 Å². The van der Waals surface area contributed by atoms with E-state index in [2.05, 4.69) is 0 Å². The van der Waals surface area contributed by atoms with Crippen LogP contribution in [0.15, 0.2) is 0 Å². The maximum atomic E-state index is 11.2. The van der Waals surface area contributed by atoms with Crippen molar-refractivity contribution in [3.05, 3.63) is 0 Å². The van der Waals surface area contributed by atoms with Gasteiger partial charge in [-0.3, -0.25) is 0 Å². The van der Waals surface area contributed by atoms with Crippen LogP contribution in [0.5, 0.6) is 0 Å². The van der Waals surface area contributed by atoms with Gasteiger partial charge < -0.3 is 14.9 Å². The van der Waals surface area contributed by atoms with Gasteiger partial charge in [0.05, 0.1) is 0 Å². The van der Waals surface area contributed by atoms with Crippen molar-refractivity contribution >= 4 is 6.03 Å². The lowest BCUT2D eigenvalue weighted by Crippen LogP contribution is -2.54. The van der Waals surface area contributed by atoms with Crippen LogP contribution in [0.1, 0.15) is 0 Å². The number of aliphatic hydroxyl groups excluding tert-OH is 1. The lowest BCUT2D eigenvalue weighted by molar-refractivity contribution is 0.0660. The molecule has 1 rings (SSSR count). The number of carbonyl (C=O) groups excluding carboxylic acids is 1. The van der Waals surface area contributed by atoms with Gasteiger partial charge in [0.2, 0.25) is 0 Å². The minimum Gasteiger partial charge on any atom is -0.396 e. The van der Waals surface area contributed by atoms with Crippen LogP contribution in [0, 0.1) is 5.92 Å². The normalized spacial score (nSPS) is 17.9. The second-order valence-corrected chi connectivity index (χ2v) is 3.13. The molecular formula is C7H14N2O2. The summed E-state index contributed by atoms with van der Waals surface area (Å²) >= 11 is 0. The summed E-state index contributed by atoms with van der Waals surface area (Å²) in [6.45, 7) is 1.60. The summed E-state index contributed by atoms with van der Waals surface area (Å²) in [5.41, 5.74) is 0. The molecule has 0 aromatic rings. The Hall–Kier alpha value is -0.770. The van der Waals surface area contributed by atoms with Crippen molar-refractivity contribution in [2.45, 2.75) is 0 Å². The van der Waals surface area contributed by atoms with E-state index in [0.29, 0.717) is 19.0 Å². The van der Waals surface area contributed by atoms with E-state index >= 15 is 0 Å². The zero-order valence-electron chi connectivity index (χ0n) is 6.95. The molecule has 0 aromatic carbocycles. The largest absolute Gasteiger partial charge is 0.396 e. The molecule has 1 aliphatic rings. The molecule has 0 atom stereocenters. The molecule has 1 heterocycles. The minimum absolute atomic E-state index is 0.0368. The Morgan fingerprint density at radius 2 is 2.18 bits per heavy atom. The Labute approximate surface area is 66.4 Å². The van der Waals surface area contributed by atoms with Crippen molar-refractivity contribution in [1.82, 2.24) is 9.80 Å². The topological polar surface area (TPSA) is 43.8 Å². The molecule has 0 bridgehead atoms. The van der Waals surface area contributed by atoms with E-state index in [1.54, 1.807) is 23.9 Å². The highest BCUT2D eigenvalue weighted by molar-refractivity contribution is 5.74. The van der Waals surface area contributed by atoms with Gasteiger partial charge in [-0.25, -0.2) is 4.79 Å². The maximum absolute atomic E-state index is 11.2. The predicted molar refractivity (Wildman–Crippen MR) is 41.2 cm³/mol. The Morgan fingerprint density at radius 1 is 1.64 bits per heavy atom. The summed E-state index contributed by atoms with van der Waals surface area (Å²) in [7, 11) is 3.46. The number of likely N-dealkylation sites (tertiary alicyclic amines) is 1. The first-order valence-electron chi connectivity index (χ1n) is 3.72. The number of aliphatic hydroxyl groups is 1. The summed E-state index contributed by atoms with van der Waals surface area (Å²) in [5.74, 6) is 0.305. The summed E-state index contributed by atoms with van der Waals surface area (Å²) in [6, 6.07) is 0.0368. The highest BCUT2D eigenvalue weighted by Crippen LogP contribution is 2.15. The number of nitrogens with zero attached hydrogens (tertiary/aromatic N) is 2. The molecule has 0 aliphatic carbocycles. The quantitative estimate of drug-likeness (QED) is 0.564. The first kappa shape index (κ1) is 8.33. The van der Waals surface area contributed by atoms with Gasteiger partial charge in [0.15, 0.2) is 0 Å². The van der Waals surface area contributed by atoms with Crippen molar-refractivity contribution in [3.63, 3.8) is 0 Å². The molecule has 1 fully saturated rings. The molecule has 4 nitrogen and oxygen atoms in total. The van der Waals surface area contributed by atoms with Gasteiger partial charge in [0.1, 0.15) is 0 Å². The van der Waals surface area contributed by atoms with Crippen molar-refractivity contribution < 1.29 is 9.90 Å². The second kappa shape index (κ2) is 3.09. The first-order chi connectivity index (χ1) is 5.15. The van der Waals surface area contributed by atoms with Crippen LogP contribution in [-0.4, -0.2) is 54.7 Å². The van der Waals surface area contributed by atoms with E-state index in [-0.39, 0.29) is 12.6 Å². The highest BCUT2D eigenvalue weighted by atomic mass is 16.3. The van der Waals surface area contributed by atoms with Crippen molar-refractivity contribution in [2.75, 3.05) is 33.8 Å². The fraction of sp³-hybridized carbons (Fsp3) is 0.857. The molecule has 0 aromatic heterocycles. The molecule has 11 heavy (non-hydrogen) atoms. The Balaban J connectivity index is 2.27. The number of hydrogen-bond donors (Lipinski definition) is 1. The van der Waals surface area contributed by atoms with Gasteiger partial charge >= 0.3 is 6.03 Å². The van der Waals surface area contributed by atoms with Gasteiger partial charge in [-0.1, -0.05) is 0 Å². The SMILES string of the molecule is CN(C)C(=O)N1CC(CO)C1. The Morgan fingerprint density at radius 3 is 2.55 bits per heavy atom. The fourth-order valence-corrected chi connectivity index (χ4v) is 1.12. The molecule has 0 spiro atoms. The molecule has 1 aliphatic heterocycles. The van der Waals surface area contributed by atoms with E-state index in [0.717, 1.165) is 0 Å². The Kier molecular flexibility index (Phi) is 2.34. The highest BCUT2D eigenvalue weighted by Gasteiger charge is 2.30. The third kappa shape index (κ3) is 1.63. The van der Waals surface area contributed by atoms with E-state index in [1.165, 1.54) is 0 Å². The zero-order chi connectivity index (χ0) is 8.43. The standard InChI is InChI=1S/C7H14N2O2/c1-8(2)7(11)9-3-6(4-9)5-10/h6,10H,3-5H2,1-2H3. The molecule has 4 heteroatoms. The van der Waals surface area contributed by atoms with Crippen LogP contribution in [-0.2, 0) is 0 Å².